The molecule has 0 fully saturated rings. The van der Waals surface area contributed by atoms with E-state index in [4.69, 9.17) is 18.9 Å². The maximum absolute atomic E-state index is 13.3. The summed E-state index contributed by atoms with van der Waals surface area (Å²) in [6, 6.07) is 11.9. The third-order valence-electron chi connectivity index (χ3n) is 18.2. The SMILES string of the molecule is CCCCCCCCCCCCCCCCOc1ccc(/C=C/C(=O)CC(=O)/C=C/c2ccc(OCCCCCCCCCCCCCCCC)c(OCCCCCCCCCCCCCCCC)c2)cc1OCCCCCCCCCCCCCCCC. The monoisotopic (exact) mass is 1240 g/mol. The van der Waals surface area contributed by atoms with Crippen molar-refractivity contribution in [3.63, 3.8) is 0 Å². The van der Waals surface area contributed by atoms with Gasteiger partial charge < -0.3 is 18.9 Å². The molecule has 0 aliphatic heterocycles. The van der Waals surface area contributed by atoms with Crippen molar-refractivity contribution in [2.24, 2.45) is 0 Å². The van der Waals surface area contributed by atoms with Crippen LogP contribution in [0.2, 0.25) is 0 Å². The van der Waals surface area contributed by atoms with Crippen LogP contribution in [-0.2, 0) is 9.59 Å². The summed E-state index contributed by atoms with van der Waals surface area (Å²) < 4.78 is 25.6. The summed E-state index contributed by atoms with van der Waals surface area (Å²) >= 11 is 0. The number of allylic oxidation sites excluding steroid dienone is 2. The minimum absolute atomic E-state index is 0.196. The summed E-state index contributed by atoms with van der Waals surface area (Å²) in [5.74, 6) is 2.53. The third-order valence-corrected chi connectivity index (χ3v) is 18.2. The number of hydrogen-bond donors (Lipinski definition) is 0. The molecule has 0 aliphatic rings. The Hall–Kier alpha value is -3.54. The van der Waals surface area contributed by atoms with Gasteiger partial charge in [-0.25, -0.2) is 0 Å². The van der Waals surface area contributed by atoms with Crippen molar-refractivity contribution in [2.75, 3.05) is 26.4 Å². The highest BCUT2D eigenvalue weighted by atomic mass is 16.5. The Morgan fingerprint density at radius 2 is 0.427 bits per heavy atom. The van der Waals surface area contributed by atoms with Crippen LogP contribution in [0.25, 0.3) is 12.2 Å². The molecule has 0 saturated carbocycles. The summed E-state index contributed by atoms with van der Waals surface area (Å²) in [5.41, 5.74) is 1.71. The van der Waals surface area contributed by atoms with Crippen LogP contribution in [0.4, 0.5) is 0 Å². The largest absolute Gasteiger partial charge is 0.490 e. The molecule has 0 amide bonds. The lowest BCUT2D eigenvalue weighted by atomic mass is 10.0. The van der Waals surface area contributed by atoms with Crippen LogP contribution in [0.3, 0.4) is 0 Å². The van der Waals surface area contributed by atoms with E-state index in [1.807, 2.05) is 36.4 Å². The predicted molar refractivity (Wildman–Crippen MR) is 389 cm³/mol. The normalized spacial score (nSPS) is 11.6. The van der Waals surface area contributed by atoms with Crippen LogP contribution in [0.5, 0.6) is 23.0 Å². The van der Waals surface area contributed by atoms with Crippen molar-refractivity contribution in [1.82, 2.24) is 0 Å². The van der Waals surface area contributed by atoms with Crippen LogP contribution in [0.15, 0.2) is 48.6 Å². The van der Waals surface area contributed by atoms with Crippen molar-refractivity contribution < 1.29 is 28.5 Å². The quantitative estimate of drug-likeness (QED) is 0.0373. The maximum atomic E-state index is 13.3. The molecular weight excluding hydrogens is 1090 g/mol. The van der Waals surface area contributed by atoms with Gasteiger partial charge in [0.2, 0.25) is 0 Å². The van der Waals surface area contributed by atoms with Gasteiger partial charge in [-0.2, -0.15) is 0 Å². The zero-order valence-corrected chi connectivity index (χ0v) is 59.4. The van der Waals surface area contributed by atoms with Crippen LogP contribution in [0.1, 0.15) is 405 Å². The number of carbonyl (C=O) groups is 2. The maximum Gasteiger partial charge on any atom is 0.163 e. The van der Waals surface area contributed by atoms with Crippen LogP contribution in [0, 0.1) is 0 Å². The molecule has 0 unspecified atom stereocenters. The van der Waals surface area contributed by atoms with Gasteiger partial charge in [0.15, 0.2) is 34.6 Å². The molecule has 0 aromatic heterocycles. The van der Waals surface area contributed by atoms with Crippen molar-refractivity contribution in [1.29, 1.82) is 0 Å². The molecule has 512 valence electrons. The Labute approximate surface area is 552 Å². The molecule has 0 spiro atoms. The molecule has 0 N–H and O–H groups in total. The number of ketones is 2. The number of ether oxygens (including phenoxy) is 4. The molecule has 2 aromatic carbocycles. The van der Waals surface area contributed by atoms with Gasteiger partial charge in [-0.1, -0.05) is 386 Å². The molecule has 89 heavy (non-hydrogen) atoms. The van der Waals surface area contributed by atoms with E-state index in [0.717, 1.165) is 72.6 Å². The lowest BCUT2D eigenvalue weighted by Crippen LogP contribution is -2.04. The highest BCUT2D eigenvalue weighted by molar-refractivity contribution is 6.10. The molecule has 6 nitrogen and oxygen atoms in total. The average molecular weight is 1240 g/mol. The summed E-state index contributed by atoms with van der Waals surface area (Å²) in [4.78, 5) is 26.5. The van der Waals surface area contributed by atoms with Crippen molar-refractivity contribution in [2.45, 2.75) is 394 Å². The molecule has 0 bridgehead atoms. The fourth-order valence-corrected chi connectivity index (χ4v) is 12.3. The predicted octanol–water partition coefficient (Wildman–Crippen LogP) is 27.4. The highest BCUT2D eigenvalue weighted by Crippen LogP contribution is 2.32. The van der Waals surface area contributed by atoms with E-state index >= 15 is 0 Å². The minimum Gasteiger partial charge on any atom is -0.490 e. The van der Waals surface area contributed by atoms with Crippen molar-refractivity contribution >= 4 is 23.7 Å². The molecule has 0 heterocycles. The summed E-state index contributed by atoms with van der Waals surface area (Å²) in [6.07, 6.45) is 80.8. The summed E-state index contributed by atoms with van der Waals surface area (Å²) in [5, 5.41) is 0. The van der Waals surface area contributed by atoms with E-state index in [9.17, 15) is 9.59 Å². The fourth-order valence-electron chi connectivity index (χ4n) is 12.3. The third kappa shape index (κ3) is 52.6. The fraction of sp³-hybridized carbons (Fsp3) is 0.783. The van der Waals surface area contributed by atoms with Crippen molar-refractivity contribution in [3.05, 3.63) is 59.7 Å². The summed E-state index contributed by atoms with van der Waals surface area (Å²) in [7, 11) is 0. The van der Waals surface area contributed by atoms with E-state index in [-0.39, 0.29) is 18.0 Å². The lowest BCUT2D eigenvalue weighted by Gasteiger charge is -2.14. The molecular formula is C83H144O6. The lowest BCUT2D eigenvalue weighted by molar-refractivity contribution is -0.121. The topological polar surface area (TPSA) is 71.1 Å². The number of carbonyl (C=O) groups excluding carboxylic acids is 2. The number of rotatable bonds is 70. The molecule has 0 radical (unpaired) electrons. The Morgan fingerprint density at radius 3 is 0.629 bits per heavy atom. The van der Waals surface area contributed by atoms with Crippen LogP contribution >= 0.6 is 0 Å². The van der Waals surface area contributed by atoms with Crippen molar-refractivity contribution in [3.8, 4) is 23.0 Å². The molecule has 6 heteroatoms. The van der Waals surface area contributed by atoms with Gasteiger partial charge in [-0.3, -0.25) is 9.59 Å². The molecule has 2 rings (SSSR count). The second kappa shape index (κ2) is 64.6. The van der Waals surface area contributed by atoms with E-state index in [1.165, 1.54) is 333 Å². The van der Waals surface area contributed by atoms with Gasteiger partial charge in [0.25, 0.3) is 0 Å². The first kappa shape index (κ1) is 81.6. The second-order valence-electron chi connectivity index (χ2n) is 27.0. The molecule has 0 aliphatic carbocycles. The molecule has 0 saturated heterocycles. The smallest absolute Gasteiger partial charge is 0.163 e. The first-order valence-corrected chi connectivity index (χ1v) is 39.2. The van der Waals surface area contributed by atoms with E-state index in [1.54, 1.807) is 12.2 Å². The average Bonchev–Trinajstić information content (AvgIpc) is 3.59. The molecule has 2 aromatic rings. The zero-order chi connectivity index (χ0) is 63.7. The van der Waals surface area contributed by atoms with Crippen LogP contribution < -0.4 is 18.9 Å². The van der Waals surface area contributed by atoms with Gasteiger partial charge in [-0.05, 0) is 73.2 Å². The Balaban J connectivity index is 1.92. The molecule has 0 atom stereocenters. The van der Waals surface area contributed by atoms with E-state index in [2.05, 4.69) is 27.7 Å². The highest BCUT2D eigenvalue weighted by Gasteiger charge is 2.11. The minimum atomic E-state index is -0.230. The first-order chi connectivity index (χ1) is 44.0. The number of hydrogen-bond acceptors (Lipinski definition) is 6. The van der Waals surface area contributed by atoms with Gasteiger partial charge >= 0.3 is 0 Å². The van der Waals surface area contributed by atoms with E-state index < -0.39 is 0 Å². The Kier molecular flexibility index (Phi) is 59.2. The summed E-state index contributed by atoms with van der Waals surface area (Å²) in [6.45, 7) is 11.8. The van der Waals surface area contributed by atoms with Gasteiger partial charge in [-0.15, -0.1) is 0 Å². The standard InChI is InChI=1S/C83H144O6/c1-5-9-13-17-21-25-29-33-37-41-45-49-53-57-69-86-80-67-63-76(73-82(80)88-71-59-55-51-47-43-39-35-31-27-23-19-15-11-7-3)61-65-78(84)75-79(85)66-62-77-64-68-81(87-70-58-54-50-46-42-38-34-30-26-22-18-14-10-6-2)83(74-77)89-72-60-56-52-48-44-40-36-32-28-24-20-16-12-8-4/h61-68,73-74H,5-60,69-72,75H2,1-4H3/b65-61+,66-62+. The van der Waals surface area contributed by atoms with E-state index in [0.29, 0.717) is 26.4 Å². The van der Waals surface area contributed by atoms with Gasteiger partial charge in [0.05, 0.1) is 32.8 Å². The first-order valence-electron chi connectivity index (χ1n) is 39.2. The van der Waals surface area contributed by atoms with Gasteiger partial charge in [0.1, 0.15) is 0 Å². The van der Waals surface area contributed by atoms with Crippen LogP contribution in [-0.4, -0.2) is 38.0 Å². The Bertz CT molecular complexity index is 1780. The zero-order valence-electron chi connectivity index (χ0n) is 59.4. The Morgan fingerprint density at radius 1 is 0.247 bits per heavy atom. The number of unbranched alkanes of at least 4 members (excludes halogenated alkanes) is 52. The van der Waals surface area contributed by atoms with Gasteiger partial charge in [0, 0.05) is 0 Å². The second-order valence-corrected chi connectivity index (χ2v) is 27.0. The number of benzene rings is 2.